The molecule has 0 aliphatic heterocycles. The van der Waals surface area contributed by atoms with Crippen LogP contribution in [0.3, 0.4) is 0 Å². The number of rotatable bonds is 8. The standard InChI is InChI=1S/C14H25O4/c15-9-8-13(14(17)18)12(10-16)7-6-11-4-2-1-3-5-11/h12-13,15-16H,1-10H2,(H,17,18). The molecule has 1 radical (unpaired) electrons. The SMILES string of the molecule is O=C(O)C(CCO)C(CO)CC[C]1CCCCC1. The van der Waals surface area contributed by atoms with Gasteiger partial charge >= 0.3 is 5.97 Å². The molecule has 18 heavy (non-hydrogen) atoms. The molecule has 3 N–H and O–H groups in total. The average molecular weight is 257 g/mol. The summed E-state index contributed by atoms with van der Waals surface area (Å²) >= 11 is 0. The molecule has 1 saturated carbocycles. The third kappa shape index (κ3) is 4.94. The fourth-order valence-electron chi connectivity index (χ4n) is 2.81. The van der Waals surface area contributed by atoms with Crippen LogP contribution >= 0.6 is 0 Å². The largest absolute Gasteiger partial charge is 0.481 e. The maximum atomic E-state index is 11.1. The van der Waals surface area contributed by atoms with Gasteiger partial charge in [0.05, 0.1) is 5.92 Å². The van der Waals surface area contributed by atoms with Gasteiger partial charge in [0.1, 0.15) is 0 Å². The van der Waals surface area contributed by atoms with Gasteiger partial charge in [0.25, 0.3) is 0 Å². The Morgan fingerprint density at radius 3 is 2.28 bits per heavy atom. The Morgan fingerprint density at radius 1 is 1.11 bits per heavy atom. The number of aliphatic carboxylic acids is 1. The summed E-state index contributed by atoms with van der Waals surface area (Å²) in [5.41, 5.74) is 0. The molecule has 0 aromatic heterocycles. The van der Waals surface area contributed by atoms with E-state index in [9.17, 15) is 9.90 Å². The lowest BCUT2D eigenvalue weighted by atomic mass is 9.80. The van der Waals surface area contributed by atoms with Crippen LogP contribution in [-0.2, 0) is 4.79 Å². The van der Waals surface area contributed by atoms with E-state index < -0.39 is 11.9 Å². The van der Waals surface area contributed by atoms with E-state index >= 15 is 0 Å². The predicted molar refractivity (Wildman–Crippen MR) is 69.0 cm³/mol. The molecular weight excluding hydrogens is 232 g/mol. The molecule has 0 saturated heterocycles. The van der Waals surface area contributed by atoms with Crippen LogP contribution in [0.15, 0.2) is 0 Å². The molecule has 2 unspecified atom stereocenters. The molecule has 0 bridgehead atoms. The van der Waals surface area contributed by atoms with Crippen LogP contribution in [0.4, 0.5) is 0 Å². The summed E-state index contributed by atoms with van der Waals surface area (Å²) in [4.78, 5) is 11.1. The van der Waals surface area contributed by atoms with Crippen LogP contribution in [0.25, 0.3) is 0 Å². The van der Waals surface area contributed by atoms with Gasteiger partial charge in [-0.2, -0.15) is 0 Å². The van der Waals surface area contributed by atoms with E-state index in [0.29, 0.717) is 0 Å². The lowest BCUT2D eigenvalue weighted by Crippen LogP contribution is -2.28. The van der Waals surface area contributed by atoms with Gasteiger partial charge in [0, 0.05) is 13.2 Å². The van der Waals surface area contributed by atoms with E-state index in [1.54, 1.807) is 0 Å². The van der Waals surface area contributed by atoms with E-state index in [1.165, 1.54) is 25.2 Å². The minimum atomic E-state index is -0.906. The zero-order valence-electron chi connectivity index (χ0n) is 11.0. The monoisotopic (exact) mass is 257 g/mol. The molecule has 1 fully saturated rings. The van der Waals surface area contributed by atoms with Crippen molar-refractivity contribution in [2.45, 2.75) is 51.4 Å². The molecule has 4 nitrogen and oxygen atoms in total. The van der Waals surface area contributed by atoms with Crippen molar-refractivity contribution in [3.63, 3.8) is 0 Å². The topological polar surface area (TPSA) is 77.8 Å². The molecule has 0 aromatic rings. The van der Waals surface area contributed by atoms with E-state index in [0.717, 1.165) is 25.7 Å². The quantitative estimate of drug-likeness (QED) is 0.621. The summed E-state index contributed by atoms with van der Waals surface area (Å²) in [6.45, 7) is -0.242. The zero-order chi connectivity index (χ0) is 13.4. The Morgan fingerprint density at radius 2 is 1.78 bits per heavy atom. The van der Waals surface area contributed by atoms with Crippen LogP contribution in [0.2, 0.25) is 0 Å². The normalized spacial score (nSPS) is 20.6. The highest BCUT2D eigenvalue weighted by molar-refractivity contribution is 5.70. The van der Waals surface area contributed by atoms with Crippen molar-refractivity contribution in [1.82, 2.24) is 0 Å². The summed E-state index contributed by atoms with van der Waals surface area (Å²) < 4.78 is 0. The van der Waals surface area contributed by atoms with Gasteiger partial charge in [0.15, 0.2) is 0 Å². The number of carboxylic acids is 1. The molecular formula is C14H25O4. The fourth-order valence-corrected chi connectivity index (χ4v) is 2.81. The second kappa shape index (κ2) is 8.48. The lowest BCUT2D eigenvalue weighted by molar-refractivity contribution is -0.145. The van der Waals surface area contributed by atoms with E-state index in [4.69, 9.17) is 10.2 Å². The first-order chi connectivity index (χ1) is 8.69. The van der Waals surface area contributed by atoms with Crippen molar-refractivity contribution < 1.29 is 20.1 Å². The van der Waals surface area contributed by atoms with Crippen LogP contribution in [0, 0.1) is 17.8 Å². The first kappa shape index (κ1) is 15.4. The summed E-state index contributed by atoms with van der Waals surface area (Å²) in [5.74, 6) is -0.238. The van der Waals surface area contributed by atoms with Crippen molar-refractivity contribution in [2.75, 3.05) is 13.2 Å². The highest BCUT2D eigenvalue weighted by Crippen LogP contribution is 2.32. The second-order valence-corrected chi connectivity index (χ2v) is 5.25. The maximum absolute atomic E-state index is 11.1. The summed E-state index contributed by atoms with van der Waals surface area (Å²) in [5, 5.41) is 27.4. The number of hydrogen-bond acceptors (Lipinski definition) is 3. The van der Waals surface area contributed by atoms with Crippen LogP contribution in [0.1, 0.15) is 51.4 Å². The van der Waals surface area contributed by atoms with Crippen molar-refractivity contribution in [1.29, 1.82) is 0 Å². The predicted octanol–water partition coefficient (Wildman–Crippen LogP) is 2.00. The Bertz CT molecular complexity index is 236. The Kier molecular flexibility index (Phi) is 7.28. The summed E-state index contributed by atoms with van der Waals surface area (Å²) in [7, 11) is 0. The van der Waals surface area contributed by atoms with E-state index in [-0.39, 0.29) is 25.6 Å². The minimum Gasteiger partial charge on any atom is -0.481 e. The molecule has 2 atom stereocenters. The van der Waals surface area contributed by atoms with Gasteiger partial charge in [-0.25, -0.2) is 0 Å². The molecule has 0 heterocycles. The molecule has 1 aliphatic carbocycles. The minimum absolute atomic E-state index is 0.107. The van der Waals surface area contributed by atoms with Gasteiger partial charge in [0.2, 0.25) is 0 Å². The van der Waals surface area contributed by atoms with Crippen LogP contribution in [0.5, 0.6) is 0 Å². The molecule has 0 spiro atoms. The number of aliphatic hydroxyl groups is 2. The third-order valence-electron chi connectivity index (χ3n) is 3.99. The first-order valence-corrected chi connectivity index (χ1v) is 6.97. The number of hydrogen-bond donors (Lipinski definition) is 3. The highest BCUT2D eigenvalue weighted by Gasteiger charge is 2.28. The molecule has 1 aliphatic rings. The molecule has 105 valence electrons. The lowest BCUT2D eigenvalue weighted by Gasteiger charge is -2.25. The number of aliphatic hydroxyl groups excluding tert-OH is 2. The van der Waals surface area contributed by atoms with Crippen LogP contribution in [-0.4, -0.2) is 34.5 Å². The molecule has 0 amide bonds. The van der Waals surface area contributed by atoms with Crippen molar-refractivity contribution in [3.05, 3.63) is 5.92 Å². The number of carboxylic acid groups (broad SMARTS) is 1. The van der Waals surface area contributed by atoms with E-state index in [1.807, 2.05) is 0 Å². The maximum Gasteiger partial charge on any atom is 0.306 e. The van der Waals surface area contributed by atoms with Gasteiger partial charge < -0.3 is 15.3 Å². The van der Waals surface area contributed by atoms with E-state index in [2.05, 4.69) is 0 Å². The van der Waals surface area contributed by atoms with Gasteiger partial charge in [-0.3, -0.25) is 4.79 Å². The average Bonchev–Trinajstić information content (AvgIpc) is 2.39. The van der Waals surface area contributed by atoms with Crippen molar-refractivity contribution in [3.8, 4) is 0 Å². The van der Waals surface area contributed by atoms with Gasteiger partial charge in [-0.1, -0.05) is 19.3 Å². The van der Waals surface area contributed by atoms with Crippen LogP contribution < -0.4 is 0 Å². The highest BCUT2D eigenvalue weighted by atomic mass is 16.4. The van der Waals surface area contributed by atoms with Gasteiger partial charge in [-0.05, 0) is 43.9 Å². The Hall–Kier alpha value is -0.610. The molecule has 4 heteroatoms. The molecule has 1 rings (SSSR count). The smallest absolute Gasteiger partial charge is 0.306 e. The third-order valence-corrected chi connectivity index (χ3v) is 3.99. The first-order valence-electron chi connectivity index (χ1n) is 6.97. The molecule has 0 aromatic carbocycles. The number of carbonyl (C=O) groups is 1. The second-order valence-electron chi connectivity index (χ2n) is 5.25. The Balaban J connectivity index is 2.40. The fraction of sp³-hybridized carbons (Fsp3) is 0.857. The Labute approximate surface area is 109 Å². The zero-order valence-corrected chi connectivity index (χ0v) is 11.0. The van der Waals surface area contributed by atoms with Gasteiger partial charge in [-0.15, -0.1) is 0 Å². The van der Waals surface area contributed by atoms with Crippen molar-refractivity contribution >= 4 is 5.97 Å². The summed E-state index contributed by atoms with van der Waals surface area (Å²) in [6, 6.07) is 0. The summed E-state index contributed by atoms with van der Waals surface area (Å²) in [6.07, 6.45) is 8.01. The van der Waals surface area contributed by atoms with Crippen molar-refractivity contribution in [2.24, 2.45) is 11.8 Å².